The normalized spacial score (nSPS) is 56.6. The molecule has 0 radical (unpaired) electrons. The SMILES string of the molecule is C=C(C)[C@@H]1CC[C@]2(C)CC[C@]3(C)[C@H](CC[C@@H]4[C@@]5(C)CC(=O)[C@H](O)C(C)(C)[C@@H]5CC[C@]43C)[C@@H]12. The van der Waals surface area contributed by atoms with E-state index in [0.717, 1.165) is 18.3 Å². The third-order valence-electron chi connectivity index (χ3n) is 13.2. The van der Waals surface area contributed by atoms with Crippen LogP contribution >= 0.6 is 0 Å². The molecule has 0 saturated heterocycles. The van der Waals surface area contributed by atoms with E-state index in [1.54, 1.807) is 0 Å². The maximum Gasteiger partial charge on any atom is 0.162 e. The Morgan fingerprint density at radius 1 is 0.875 bits per heavy atom. The van der Waals surface area contributed by atoms with E-state index in [-0.39, 0.29) is 22.0 Å². The lowest BCUT2D eigenvalue weighted by Crippen LogP contribution is -2.67. The molecule has 0 spiro atoms. The second-order valence-corrected chi connectivity index (χ2v) is 14.7. The molecule has 5 saturated carbocycles. The van der Waals surface area contributed by atoms with Crippen molar-refractivity contribution >= 4 is 5.78 Å². The number of rotatable bonds is 1. The molecule has 0 amide bonds. The van der Waals surface area contributed by atoms with Crippen molar-refractivity contribution in [3.8, 4) is 0 Å². The number of carbonyl (C=O) groups is 1. The van der Waals surface area contributed by atoms with Gasteiger partial charge in [0.05, 0.1) is 0 Å². The van der Waals surface area contributed by atoms with Crippen LogP contribution in [0.15, 0.2) is 12.2 Å². The first kappa shape index (κ1) is 23.1. The molecule has 0 bridgehead atoms. The summed E-state index contributed by atoms with van der Waals surface area (Å²) in [6, 6.07) is 0. The molecule has 0 aliphatic heterocycles. The highest BCUT2D eigenvalue weighted by atomic mass is 16.3. The first-order valence-corrected chi connectivity index (χ1v) is 13.6. The van der Waals surface area contributed by atoms with E-state index in [1.165, 1.54) is 50.5 Å². The molecule has 0 aromatic heterocycles. The highest BCUT2D eigenvalue weighted by Crippen LogP contribution is 2.77. The summed E-state index contributed by atoms with van der Waals surface area (Å²) in [4.78, 5) is 13.1. The quantitative estimate of drug-likeness (QED) is 0.438. The Labute approximate surface area is 197 Å². The number of aliphatic hydroxyl groups excluding tert-OH is 1. The molecule has 5 aliphatic carbocycles. The van der Waals surface area contributed by atoms with Crippen LogP contribution in [0.2, 0.25) is 0 Å². The van der Waals surface area contributed by atoms with Gasteiger partial charge in [-0.1, -0.05) is 53.7 Å². The van der Waals surface area contributed by atoms with Crippen molar-refractivity contribution in [2.75, 3.05) is 0 Å². The van der Waals surface area contributed by atoms with Crippen LogP contribution in [-0.4, -0.2) is 17.0 Å². The summed E-state index contributed by atoms with van der Waals surface area (Å²) in [7, 11) is 0. The zero-order chi connectivity index (χ0) is 23.5. The first-order chi connectivity index (χ1) is 14.7. The fraction of sp³-hybridized carbons (Fsp3) is 0.900. The highest BCUT2D eigenvalue weighted by Gasteiger charge is 2.71. The van der Waals surface area contributed by atoms with Gasteiger partial charge in [-0.25, -0.2) is 0 Å². The minimum Gasteiger partial charge on any atom is -0.385 e. The minimum atomic E-state index is -0.790. The molecule has 180 valence electrons. The zero-order valence-corrected chi connectivity index (χ0v) is 21.9. The predicted octanol–water partition coefficient (Wildman–Crippen LogP) is 7.20. The highest BCUT2D eigenvalue weighted by molar-refractivity contribution is 5.85. The van der Waals surface area contributed by atoms with E-state index < -0.39 is 6.10 Å². The van der Waals surface area contributed by atoms with Crippen LogP contribution in [0.1, 0.15) is 106 Å². The van der Waals surface area contributed by atoms with Crippen LogP contribution < -0.4 is 0 Å². The van der Waals surface area contributed by atoms with E-state index in [1.807, 2.05) is 0 Å². The molecule has 0 aromatic carbocycles. The summed E-state index contributed by atoms with van der Waals surface area (Å²) in [6.45, 7) is 21.4. The van der Waals surface area contributed by atoms with Crippen LogP contribution in [0.3, 0.4) is 0 Å². The molecule has 5 rings (SSSR count). The third kappa shape index (κ3) is 2.60. The van der Waals surface area contributed by atoms with E-state index in [0.29, 0.717) is 35.0 Å². The number of allylic oxidation sites excluding steroid dienone is 1. The maximum absolute atomic E-state index is 13.1. The molecular weight excluding hydrogens is 392 g/mol. The average molecular weight is 441 g/mol. The summed E-state index contributed by atoms with van der Waals surface area (Å²) >= 11 is 0. The number of aliphatic hydroxyl groups is 1. The third-order valence-corrected chi connectivity index (χ3v) is 13.2. The Balaban J connectivity index is 1.56. The molecule has 10 atom stereocenters. The Bertz CT molecular complexity index is 842. The smallest absolute Gasteiger partial charge is 0.162 e. The summed E-state index contributed by atoms with van der Waals surface area (Å²) in [5.74, 6) is 3.38. The Hall–Kier alpha value is -0.630. The second-order valence-electron chi connectivity index (χ2n) is 14.7. The summed E-state index contributed by atoms with van der Waals surface area (Å²) < 4.78 is 0. The van der Waals surface area contributed by atoms with Gasteiger partial charge in [-0.05, 0) is 110 Å². The second kappa shape index (κ2) is 6.73. The van der Waals surface area contributed by atoms with Crippen molar-refractivity contribution in [3.05, 3.63) is 12.2 Å². The summed E-state index contributed by atoms with van der Waals surface area (Å²) in [5, 5.41) is 10.8. The van der Waals surface area contributed by atoms with Gasteiger partial charge in [0.15, 0.2) is 5.78 Å². The fourth-order valence-electron chi connectivity index (χ4n) is 11.4. The molecule has 0 aromatic rings. The topological polar surface area (TPSA) is 37.3 Å². The molecule has 32 heavy (non-hydrogen) atoms. The lowest BCUT2D eigenvalue weighted by molar-refractivity contribution is -0.241. The van der Waals surface area contributed by atoms with Gasteiger partial charge in [0.25, 0.3) is 0 Å². The van der Waals surface area contributed by atoms with Crippen molar-refractivity contribution in [1.82, 2.24) is 0 Å². The number of fused-ring (bicyclic) bond motifs is 7. The fourth-order valence-corrected chi connectivity index (χ4v) is 11.4. The Kier molecular flexibility index (Phi) is 4.87. The molecule has 0 unspecified atom stereocenters. The molecule has 5 fully saturated rings. The first-order valence-electron chi connectivity index (χ1n) is 13.6. The lowest BCUT2D eigenvalue weighted by Gasteiger charge is -2.72. The average Bonchev–Trinajstić information content (AvgIpc) is 3.05. The van der Waals surface area contributed by atoms with E-state index in [2.05, 4.69) is 55.0 Å². The van der Waals surface area contributed by atoms with E-state index in [4.69, 9.17) is 0 Å². The molecular formula is C30H48O2. The number of ketones is 1. The van der Waals surface area contributed by atoms with Gasteiger partial charge in [-0.3, -0.25) is 4.79 Å². The van der Waals surface area contributed by atoms with Crippen LogP contribution in [0.5, 0.6) is 0 Å². The van der Waals surface area contributed by atoms with Crippen molar-refractivity contribution in [2.45, 2.75) is 112 Å². The minimum absolute atomic E-state index is 0.0188. The summed E-state index contributed by atoms with van der Waals surface area (Å²) in [5.41, 5.74) is 2.24. The molecule has 2 nitrogen and oxygen atoms in total. The van der Waals surface area contributed by atoms with Crippen LogP contribution in [-0.2, 0) is 4.79 Å². The molecule has 5 aliphatic rings. The van der Waals surface area contributed by atoms with Gasteiger partial charge < -0.3 is 5.11 Å². The standard InChI is InChI=1S/C30H48O2/c1-18(2)19-11-13-27(5)15-16-29(7)20(24(19)27)9-10-23-28(6)17-21(31)25(32)26(3,4)22(28)12-14-30(23,29)8/h19-20,22-25,32H,1,9-17H2,2-8H3/t19-,20+,22-,23+,24+,25-,27+,28-,29+,30+/m0/s1. The lowest BCUT2D eigenvalue weighted by atomic mass is 9.32. The largest absolute Gasteiger partial charge is 0.385 e. The molecule has 2 heteroatoms. The van der Waals surface area contributed by atoms with Gasteiger partial charge in [0.2, 0.25) is 0 Å². The Morgan fingerprint density at radius 2 is 1.56 bits per heavy atom. The zero-order valence-electron chi connectivity index (χ0n) is 21.9. The van der Waals surface area contributed by atoms with Gasteiger partial charge in [-0.15, -0.1) is 0 Å². The van der Waals surface area contributed by atoms with Gasteiger partial charge in [0.1, 0.15) is 6.10 Å². The van der Waals surface area contributed by atoms with Crippen molar-refractivity contribution in [1.29, 1.82) is 0 Å². The van der Waals surface area contributed by atoms with Crippen LogP contribution in [0, 0.1) is 56.7 Å². The van der Waals surface area contributed by atoms with Crippen molar-refractivity contribution in [2.24, 2.45) is 56.7 Å². The van der Waals surface area contributed by atoms with Gasteiger partial charge in [0, 0.05) is 11.8 Å². The number of Topliss-reactive ketones (excluding diaryl/α,β-unsaturated/α-hetero) is 1. The number of hydrogen-bond acceptors (Lipinski definition) is 2. The molecule has 1 N–H and O–H groups in total. The van der Waals surface area contributed by atoms with E-state index >= 15 is 0 Å². The van der Waals surface area contributed by atoms with Crippen LogP contribution in [0.4, 0.5) is 0 Å². The van der Waals surface area contributed by atoms with E-state index in [9.17, 15) is 9.90 Å². The predicted molar refractivity (Wildman–Crippen MR) is 131 cm³/mol. The maximum atomic E-state index is 13.1. The monoisotopic (exact) mass is 440 g/mol. The molecule has 0 heterocycles. The number of hydrogen-bond donors (Lipinski definition) is 1. The van der Waals surface area contributed by atoms with Crippen LogP contribution in [0.25, 0.3) is 0 Å². The summed E-state index contributed by atoms with van der Waals surface area (Å²) in [6.07, 6.45) is 10.2. The van der Waals surface area contributed by atoms with Crippen molar-refractivity contribution in [3.63, 3.8) is 0 Å². The van der Waals surface area contributed by atoms with Gasteiger partial charge >= 0.3 is 0 Å². The van der Waals surface area contributed by atoms with Crippen molar-refractivity contribution < 1.29 is 9.90 Å². The van der Waals surface area contributed by atoms with Gasteiger partial charge in [-0.2, -0.15) is 0 Å². The number of carbonyl (C=O) groups excluding carboxylic acids is 1. The Morgan fingerprint density at radius 3 is 2.22 bits per heavy atom.